The predicted molar refractivity (Wildman–Crippen MR) is 112 cm³/mol. The van der Waals surface area contributed by atoms with Crippen molar-refractivity contribution in [3.8, 4) is 5.75 Å². The highest BCUT2D eigenvalue weighted by atomic mass is 32.2. The molecule has 3 rings (SSSR count). The van der Waals surface area contributed by atoms with Crippen molar-refractivity contribution in [1.82, 2.24) is 9.21 Å². The molecule has 1 aliphatic rings. The van der Waals surface area contributed by atoms with Gasteiger partial charge in [0.2, 0.25) is 15.9 Å². The van der Waals surface area contributed by atoms with Gasteiger partial charge in [0.25, 0.3) is 0 Å². The molecule has 168 valence electrons. The van der Waals surface area contributed by atoms with Crippen LogP contribution in [0.3, 0.4) is 0 Å². The van der Waals surface area contributed by atoms with Gasteiger partial charge in [-0.2, -0.15) is 4.31 Å². The number of hydrogen-bond acceptors (Lipinski definition) is 4. The first-order valence-corrected chi connectivity index (χ1v) is 11.6. The fourth-order valence-corrected chi connectivity index (χ4v) is 4.87. The van der Waals surface area contributed by atoms with E-state index in [0.717, 1.165) is 23.3 Å². The van der Waals surface area contributed by atoms with Crippen LogP contribution < -0.4 is 4.74 Å². The molecule has 0 N–H and O–H groups in total. The van der Waals surface area contributed by atoms with Crippen LogP contribution in [0.4, 0.5) is 8.78 Å². The van der Waals surface area contributed by atoms with E-state index in [1.165, 1.54) is 10.4 Å². The Morgan fingerprint density at radius 3 is 2.35 bits per heavy atom. The minimum atomic E-state index is -3.60. The van der Waals surface area contributed by atoms with Crippen molar-refractivity contribution in [3.05, 3.63) is 59.2 Å². The Morgan fingerprint density at radius 2 is 1.71 bits per heavy atom. The van der Waals surface area contributed by atoms with Crippen LogP contribution in [0.2, 0.25) is 0 Å². The molecule has 1 amide bonds. The first-order chi connectivity index (χ1) is 14.7. The molecule has 31 heavy (non-hydrogen) atoms. The third-order valence-corrected chi connectivity index (χ3v) is 7.29. The minimum Gasteiger partial charge on any atom is -0.491 e. The van der Waals surface area contributed by atoms with Crippen molar-refractivity contribution in [2.24, 2.45) is 0 Å². The standard InChI is InChI=1S/C22H26F2N2O4S/c1-16-5-7-19(14-17(16)2)31(28,29)26-11-9-25(10-12-26)22(27)4-3-13-30-21-8-6-18(23)15-20(21)24/h5-8,14-15H,3-4,9-13H2,1-2H3. The molecule has 0 spiro atoms. The minimum absolute atomic E-state index is 0.0565. The maximum atomic E-state index is 13.5. The molecule has 0 radical (unpaired) electrons. The van der Waals surface area contributed by atoms with Crippen LogP contribution in [0.5, 0.6) is 5.75 Å². The number of amides is 1. The molecule has 0 unspecified atom stereocenters. The van der Waals surface area contributed by atoms with Crippen LogP contribution in [0.15, 0.2) is 41.3 Å². The van der Waals surface area contributed by atoms with Gasteiger partial charge >= 0.3 is 0 Å². The highest BCUT2D eigenvalue weighted by Gasteiger charge is 2.30. The summed E-state index contributed by atoms with van der Waals surface area (Å²) < 4.78 is 58.8. The lowest BCUT2D eigenvalue weighted by molar-refractivity contribution is -0.132. The van der Waals surface area contributed by atoms with Gasteiger partial charge in [-0.3, -0.25) is 4.79 Å². The molecule has 2 aromatic carbocycles. The van der Waals surface area contributed by atoms with Gasteiger partial charge in [0.1, 0.15) is 5.82 Å². The van der Waals surface area contributed by atoms with Gasteiger partial charge in [-0.25, -0.2) is 17.2 Å². The topological polar surface area (TPSA) is 66.9 Å². The summed E-state index contributed by atoms with van der Waals surface area (Å²) in [5.74, 6) is -1.63. The van der Waals surface area contributed by atoms with Crippen molar-refractivity contribution >= 4 is 15.9 Å². The SMILES string of the molecule is Cc1ccc(S(=O)(=O)N2CCN(C(=O)CCCOc3ccc(F)cc3F)CC2)cc1C. The van der Waals surface area contributed by atoms with Crippen molar-refractivity contribution in [2.75, 3.05) is 32.8 Å². The Morgan fingerprint density at radius 1 is 1.00 bits per heavy atom. The normalized spacial score (nSPS) is 15.2. The fraction of sp³-hybridized carbons (Fsp3) is 0.409. The van der Waals surface area contributed by atoms with Crippen molar-refractivity contribution in [2.45, 2.75) is 31.6 Å². The molecular weight excluding hydrogens is 426 g/mol. The average Bonchev–Trinajstić information content (AvgIpc) is 2.74. The van der Waals surface area contributed by atoms with Gasteiger partial charge in [0, 0.05) is 38.7 Å². The van der Waals surface area contributed by atoms with Crippen LogP contribution in [0.25, 0.3) is 0 Å². The highest BCUT2D eigenvalue weighted by Crippen LogP contribution is 2.21. The largest absolute Gasteiger partial charge is 0.491 e. The van der Waals surface area contributed by atoms with Gasteiger partial charge in [0.05, 0.1) is 11.5 Å². The zero-order valence-corrected chi connectivity index (χ0v) is 18.4. The number of sulfonamides is 1. The summed E-state index contributed by atoms with van der Waals surface area (Å²) in [6.45, 7) is 5.02. The van der Waals surface area contributed by atoms with E-state index in [2.05, 4.69) is 0 Å². The van der Waals surface area contributed by atoms with Gasteiger partial charge < -0.3 is 9.64 Å². The molecule has 0 aliphatic carbocycles. The lowest BCUT2D eigenvalue weighted by atomic mass is 10.1. The molecule has 0 bridgehead atoms. The van der Waals surface area contributed by atoms with E-state index in [0.29, 0.717) is 19.5 Å². The van der Waals surface area contributed by atoms with E-state index < -0.39 is 21.7 Å². The molecular formula is C22H26F2N2O4S. The van der Waals surface area contributed by atoms with Crippen LogP contribution in [0.1, 0.15) is 24.0 Å². The summed E-state index contributed by atoms with van der Waals surface area (Å²) in [4.78, 5) is 14.3. The van der Waals surface area contributed by atoms with Crippen LogP contribution in [-0.2, 0) is 14.8 Å². The summed E-state index contributed by atoms with van der Waals surface area (Å²) in [6.07, 6.45) is 0.573. The molecule has 9 heteroatoms. The third-order valence-electron chi connectivity index (χ3n) is 5.39. The maximum absolute atomic E-state index is 13.5. The Kier molecular flexibility index (Phi) is 7.27. The number of hydrogen-bond donors (Lipinski definition) is 0. The van der Waals surface area contributed by atoms with Crippen molar-refractivity contribution in [3.63, 3.8) is 0 Å². The average molecular weight is 453 g/mol. The van der Waals surface area contributed by atoms with Crippen LogP contribution in [0, 0.1) is 25.5 Å². The molecule has 1 aliphatic heterocycles. The van der Waals surface area contributed by atoms with Gasteiger partial charge in [-0.15, -0.1) is 0 Å². The quantitative estimate of drug-likeness (QED) is 0.605. The summed E-state index contributed by atoms with van der Waals surface area (Å²) in [6, 6.07) is 8.13. The predicted octanol–water partition coefficient (Wildman–Crippen LogP) is 3.27. The number of nitrogens with zero attached hydrogens (tertiary/aromatic N) is 2. The van der Waals surface area contributed by atoms with E-state index in [-0.39, 0.29) is 42.7 Å². The lowest BCUT2D eigenvalue weighted by Crippen LogP contribution is -2.50. The molecule has 1 saturated heterocycles. The Bertz CT molecular complexity index is 1050. The smallest absolute Gasteiger partial charge is 0.243 e. The highest BCUT2D eigenvalue weighted by molar-refractivity contribution is 7.89. The molecule has 1 heterocycles. The van der Waals surface area contributed by atoms with Crippen LogP contribution in [-0.4, -0.2) is 56.3 Å². The van der Waals surface area contributed by atoms with Gasteiger partial charge in [-0.1, -0.05) is 6.07 Å². The van der Waals surface area contributed by atoms with E-state index in [1.54, 1.807) is 23.1 Å². The molecule has 0 aromatic heterocycles. The zero-order valence-electron chi connectivity index (χ0n) is 17.6. The summed E-state index contributed by atoms with van der Waals surface area (Å²) in [5.41, 5.74) is 1.94. The maximum Gasteiger partial charge on any atom is 0.243 e. The van der Waals surface area contributed by atoms with E-state index >= 15 is 0 Å². The lowest BCUT2D eigenvalue weighted by Gasteiger charge is -2.34. The van der Waals surface area contributed by atoms with Crippen molar-refractivity contribution in [1.29, 1.82) is 0 Å². The fourth-order valence-electron chi connectivity index (χ4n) is 3.36. The molecule has 0 saturated carbocycles. The van der Waals surface area contributed by atoms with E-state index in [9.17, 15) is 22.0 Å². The number of carbonyl (C=O) groups is 1. The number of carbonyl (C=O) groups excluding carboxylic acids is 1. The Balaban J connectivity index is 1.46. The number of piperazine rings is 1. The molecule has 2 aromatic rings. The van der Waals surface area contributed by atoms with Crippen molar-refractivity contribution < 1.29 is 26.7 Å². The first kappa shape index (κ1) is 23.1. The number of benzene rings is 2. The number of ether oxygens (including phenoxy) is 1. The monoisotopic (exact) mass is 452 g/mol. The second-order valence-corrected chi connectivity index (χ2v) is 9.50. The second kappa shape index (κ2) is 9.74. The molecule has 0 atom stereocenters. The van der Waals surface area contributed by atoms with E-state index in [4.69, 9.17) is 4.74 Å². The number of rotatable bonds is 7. The molecule has 1 fully saturated rings. The summed E-state index contributed by atoms with van der Waals surface area (Å²) in [5, 5.41) is 0. The van der Waals surface area contributed by atoms with Gasteiger partial charge in [0.15, 0.2) is 11.6 Å². The summed E-state index contributed by atoms with van der Waals surface area (Å²) >= 11 is 0. The van der Waals surface area contributed by atoms with Crippen LogP contribution >= 0.6 is 0 Å². The number of halogens is 2. The number of aryl methyl sites for hydroxylation is 2. The van der Waals surface area contributed by atoms with Gasteiger partial charge in [-0.05, 0) is 55.7 Å². The Hall–Kier alpha value is -2.52. The summed E-state index contributed by atoms with van der Waals surface area (Å²) in [7, 11) is -3.60. The zero-order chi connectivity index (χ0) is 22.6. The third kappa shape index (κ3) is 5.59. The second-order valence-electron chi connectivity index (χ2n) is 7.56. The first-order valence-electron chi connectivity index (χ1n) is 10.1. The van der Waals surface area contributed by atoms with E-state index in [1.807, 2.05) is 13.8 Å². The molecule has 6 nitrogen and oxygen atoms in total. The Labute approximate surface area is 181 Å².